The molecular formula is C12H22ClHgNO. The van der Waals surface area contributed by atoms with Crippen molar-refractivity contribution in [2.24, 2.45) is 0 Å². The number of amides is 1. The van der Waals surface area contributed by atoms with Crippen LogP contribution in [0.25, 0.3) is 0 Å². The molecule has 1 fully saturated rings. The Bertz CT molecular complexity index is 213. The molecule has 4 heteroatoms. The number of hydrogen-bond acceptors (Lipinski definition) is 1. The van der Waals surface area contributed by atoms with Crippen molar-refractivity contribution >= 4 is 14.2 Å². The van der Waals surface area contributed by atoms with Crippen molar-refractivity contribution in [3.8, 4) is 0 Å². The third kappa shape index (κ3) is 5.35. The summed E-state index contributed by atoms with van der Waals surface area (Å²) in [6, 6.07) is 0.432. The Hall–Kier alpha value is 0.695. The van der Waals surface area contributed by atoms with Crippen molar-refractivity contribution in [2.45, 2.75) is 67.8 Å². The van der Waals surface area contributed by atoms with Gasteiger partial charge in [0.1, 0.15) is 0 Å². The number of nitrogens with one attached hydrogen (secondary N) is 1. The molecular weight excluding hydrogens is 410 g/mol. The monoisotopic (exact) mass is 433 g/mol. The number of rotatable bonds is 6. The second-order valence-electron chi connectivity index (χ2n) is 4.83. The van der Waals surface area contributed by atoms with Gasteiger partial charge in [-0.2, -0.15) is 0 Å². The summed E-state index contributed by atoms with van der Waals surface area (Å²) in [4.78, 5) is 11.7. The maximum atomic E-state index is 11.7. The van der Waals surface area contributed by atoms with E-state index in [1.54, 1.807) is 0 Å². The van der Waals surface area contributed by atoms with E-state index in [2.05, 4.69) is 12.2 Å². The minimum absolute atomic E-state index is 0.254. The third-order valence-electron chi connectivity index (χ3n) is 3.46. The summed E-state index contributed by atoms with van der Waals surface area (Å²) in [6.45, 7) is 2.16. The van der Waals surface area contributed by atoms with E-state index in [9.17, 15) is 4.79 Å². The van der Waals surface area contributed by atoms with Crippen molar-refractivity contribution < 1.29 is 28.1 Å². The predicted octanol–water partition coefficient (Wildman–Crippen LogP) is 3.65. The van der Waals surface area contributed by atoms with Gasteiger partial charge in [0.15, 0.2) is 0 Å². The number of carbonyl (C=O) groups is 1. The van der Waals surface area contributed by atoms with Crippen LogP contribution in [0.3, 0.4) is 0 Å². The van der Waals surface area contributed by atoms with E-state index >= 15 is 0 Å². The van der Waals surface area contributed by atoms with Crippen molar-refractivity contribution in [1.29, 1.82) is 0 Å². The van der Waals surface area contributed by atoms with E-state index < -0.39 is 23.3 Å². The Labute approximate surface area is 115 Å². The van der Waals surface area contributed by atoms with Crippen LogP contribution in [0, 0.1) is 0 Å². The molecule has 0 aromatic carbocycles. The van der Waals surface area contributed by atoms with Gasteiger partial charge in [0, 0.05) is 0 Å². The van der Waals surface area contributed by atoms with Crippen molar-refractivity contribution in [1.82, 2.24) is 5.32 Å². The van der Waals surface area contributed by atoms with E-state index in [1.165, 1.54) is 25.7 Å². The summed E-state index contributed by atoms with van der Waals surface area (Å²) in [5.41, 5.74) is 0. The summed E-state index contributed by atoms with van der Waals surface area (Å²) in [6.07, 6.45) is 9.10. The Morgan fingerprint density at radius 1 is 1.38 bits per heavy atom. The summed E-state index contributed by atoms with van der Waals surface area (Å²) in [5.74, 6) is 0.254. The van der Waals surface area contributed by atoms with Crippen LogP contribution in [-0.4, -0.2) is 11.9 Å². The fraction of sp³-hybridized carbons (Fsp3) is 0.917. The normalized spacial score (nSPS) is 24.9. The fourth-order valence-corrected chi connectivity index (χ4v) is 9.57. The molecule has 0 spiro atoms. The Balaban J connectivity index is 2.25. The molecule has 0 aliphatic heterocycles. The van der Waals surface area contributed by atoms with Gasteiger partial charge in [-0.25, -0.2) is 0 Å². The van der Waals surface area contributed by atoms with Crippen LogP contribution in [0.4, 0.5) is 0 Å². The Morgan fingerprint density at radius 3 is 2.81 bits per heavy atom. The zero-order chi connectivity index (χ0) is 11.8. The summed E-state index contributed by atoms with van der Waals surface area (Å²) in [7, 11) is 6.16. The van der Waals surface area contributed by atoms with E-state index in [4.69, 9.17) is 8.25 Å². The topological polar surface area (TPSA) is 29.1 Å². The molecule has 1 N–H and O–H groups in total. The van der Waals surface area contributed by atoms with Crippen LogP contribution >= 0.6 is 8.25 Å². The van der Waals surface area contributed by atoms with E-state index in [1.807, 2.05) is 0 Å². The Kier molecular flexibility index (Phi) is 8.06. The van der Waals surface area contributed by atoms with Crippen LogP contribution in [0.15, 0.2) is 0 Å². The first-order valence-electron chi connectivity index (χ1n) is 6.63. The van der Waals surface area contributed by atoms with E-state index in [0.717, 1.165) is 19.3 Å². The average Bonchev–Trinajstić information content (AvgIpc) is 2.30. The quantitative estimate of drug-likeness (QED) is 0.504. The van der Waals surface area contributed by atoms with Crippen LogP contribution in [0.5, 0.6) is 0 Å². The van der Waals surface area contributed by atoms with Gasteiger partial charge in [0.05, 0.1) is 0 Å². The first kappa shape index (κ1) is 14.8. The molecule has 1 saturated carbocycles. The molecule has 1 aliphatic carbocycles. The molecule has 1 amide bonds. The molecule has 0 unspecified atom stereocenters. The number of hydrogen-bond donors (Lipinski definition) is 1. The van der Waals surface area contributed by atoms with Gasteiger partial charge in [0.2, 0.25) is 0 Å². The zero-order valence-electron chi connectivity index (χ0n) is 10.3. The molecule has 90 valence electrons. The summed E-state index contributed by atoms with van der Waals surface area (Å²) >= 11 is -1.19. The zero-order valence-corrected chi connectivity index (χ0v) is 16.6. The molecule has 16 heavy (non-hydrogen) atoms. The van der Waals surface area contributed by atoms with Gasteiger partial charge >= 0.3 is 115 Å². The first-order chi connectivity index (χ1) is 7.77. The van der Waals surface area contributed by atoms with Gasteiger partial charge in [-0.1, -0.05) is 0 Å². The number of halogens is 1. The molecule has 2 atom stereocenters. The van der Waals surface area contributed by atoms with Crippen molar-refractivity contribution in [3.05, 3.63) is 0 Å². The molecule has 0 aromatic heterocycles. The van der Waals surface area contributed by atoms with Gasteiger partial charge < -0.3 is 0 Å². The first-order valence-corrected chi connectivity index (χ1v) is 16.6. The molecule has 1 rings (SSSR count). The SMILES string of the molecule is CCCCCC(=O)N[C@@H]1CCCC[C@H]1[Hg][Cl]. The van der Waals surface area contributed by atoms with Gasteiger partial charge in [-0.15, -0.1) is 0 Å². The number of carbonyl (C=O) groups excluding carboxylic acids is 1. The second kappa shape index (κ2) is 8.74. The molecule has 0 aromatic rings. The number of unbranched alkanes of at least 4 members (excludes halogenated alkanes) is 2. The molecule has 0 bridgehead atoms. The van der Waals surface area contributed by atoms with E-state index in [-0.39, 0.29) is 5.91 Å². The van der Waals surface area contributed by atoms with Crippen molar-refractivity contribution in [3.63, 3.8) is 0 Å². The maximum absolute atomic E-state index is 11.7. The van der Waals surface area contributed by atoms with Crippen LogP contribution in [-0.2, 0) is 28.1 Å². The van der Waals surface area contributed by atoms with Gasteiger partial charge in [-0.05, 0) is 0 Å². The van der Waals surface area contributed by atoms with Crippen LogP contribution in [0.1, 0.15) is 58.3 Å². The van der Waals surface area contributed by atoms with Crippen LogP contribution in [0.2, 0.25) is 3.43 Å². The minimum atomic E-state index is -1.19. The summed E-state index contributed by atoms with van der Waals surface area (Å²) in [5, 5.41) is 3.21. The average molecular weight is 432 g/mol. The summed E-state index contributed by atoms with van der Waals surface area (Å²) < 4.78 is 0.713. The molecule has 0 saturated heterocycles. The third-order valence-corrected chi connectivity index (χ3v) is 12.3. The van der Waals surface area contributed by atoms with Crippen molar-refractivity contribution in [2.75, 3.05) is 0 Å². The molecule has 2 nitrogen and oxygen atoms in total. The molecule has 0 heterocycles. The van der Waals surface area contributed by atoms with Crippen LogP contribution < -0.4 is 5.32 Å². The van der Waals surface area contributed by atoms with Gasteiger partial charge in [0.25, 0.3) is 0 Å². The fourth-order valence-electron chi connectivity index (χ4n) is 2.40. The second-order valence-corrected chi connectivity index (χ2v) is 12.8. The predicted molar refractivity (Wildman–Crippen MR) is 64.1 cm³/mol. The molecule has 1 aliphatic rings. The molecule has 0 radical (unpaired) electrons. The standard InChI is InChI=1S/C12H22NO.ClH.Hg/c1-2-3-5-10-12(14)13-11-8-6-4-7-9-11;;/h8,11H,2-7,9-10H2,1H3,(H,13,14);1H;/q;;+1/p-1/t11-;;/m0../s1. The Morgan fingerprint density at radius 2 is 2.12 bits per heavy atom. The van der Waals surface area contributed by atoms with Gasteiger partial charge in [-0.3, -0.25) is 0 Å². The van der Waals surface area contributed by atoms with E-state index in [0.29, 0.717) is 15.9 Å².